The molecular weight excluding hydrogens is 346 g/mol. The van der Waals surface area contributed by atoms with E-state index in [9.17, 15) is 18.7 Å². The highest BCUT2D eigenvalue weighted by atomic mass is 19.3. The summed E-state index contributed by atoms with van der Waals surface area (Å²) >= 11 is 0. The molecule has 138 valence electrons. The van der Waals surface area contributed by atoms with Gasteiger partial charge in [-0.25, -0.2) is 9.78 Å². The molecule has 26 heavy (non-hydrogen) atoms. The van der Waals surface area contributed by atoms with E-state index in [1.54, 1.807) is 13.8 Å². The number of alkyl halides is 2. The Morgan fingerprint density at radius 3 is 2.54 bits per heavy atom. The van der Waals surface area contributed by atoms with Crippen molar-refractivity contribution in [3.05, 3.63) is 58.3 Å². The summed E-state index contributed by atoms with van der Waals surface area (Å²) in [6.45, 7) is 0.671. The van der Waals surface area contributed by atoms with Crippen LogP contribution in [0.1, 0.15) is 31.3 Å². The second-order valence-corrected chi connectivity index (χ2v) is 6.14. The molecule has 7 nitrogen and oxygen atoms in total. The maximum Gasteiger partial charge on any atom is 0.388 e. The Hall–Kier alpha value is -2.81. The van der Waals surface area contributed by atoms with Gasteiger partial charge in [-0.15, -0.1) is 5.10 Å². The van der Waals surface area contributed by atoms with Crippen molar-refractivity contribution >= 4 is 5.65 Å². The molecule has 0 spiro atoms. The van der Waals surface area contributed by atoms with Crippen LogP contribution >= 0.6 is 0 Å². The van der Waals surface area contributed by atoms with Gasteiger partial charge in [0.15, 0.2) is 5.65 Å². The third kappa shape index (κ3) is 3.57. The zero-order chi connectivity index (χ0) is 18.8. The van der Waals surface area contributed by atoms with Gasteiger partial charge in [0.1, 0.15) is 11.9 Å². The fourth-order valence-corrected chi connectivity index (χ4v) is 2.55. The molecule has 1 aromatic carbocycles. The highest BCUT2D eigenvalue weighted by Crippen LogP contribution is 2.21. The van der Waals surface area contributed by atoms with E-state index in [1.165, 1.54) is 4.57 Å². The second-order valence-electron chi connectivity index (χ2n) is 6.14. The SMILES string of the molecule is CC(C)C(O)c1nc2cc(OC(F)F)nn2c(=O)n1Cc1ccccc1. The van der Waals surface area contributed by atoms with Gasteiger partial charge in [-0.05, 0) is 11.5 Å². The first-order valence-corrected chi connectivity index (χ1v) is 8.04. The number of fused-ring (bicyclic) bond motifs is 1. The van der Waals surface area contributed by atoms with Crippen LogP contribution in [0, 0.1) is 5.92 Å². The van der Waals surface area contributed by atoms with Crippen molar-refractivity contribution in [3.63, 3.8) is 0 Å². The van der Waals surface area contributed by atoms with Gasteiger partial charge in [0, 0.05) is 6.07 Å². The molecule has 0 saturated carbocycles. The van der Waals surface area contributed by atoms with Crippen LogP contribution in [0.15, 0.2) is 41.2 Å². The average Bonchev–Trinajstić information content (AvgIpc) is 2.99. The Labute approximate surface area is 147 Å². The molecule has 0 saturated heterocycles. The summed E-state index contributed by atoms with van der Waals surface area (Å²) in [5.41, 5.74) is 0.256. The minimum Gasteiger partial charge on any atom is -0.415 e. The number of aromatic nitrogens is 4. The first-order chi connectivity index (χ1) is 12.4. The molecule has 9 heteroatoms. The Morgan fingerprint density at radius 1 is 1.23 bits per heavy atom. The van der Waals surface area contributed by atoms with Crippen LogP contribution in [-0.2, 0) is 6.54 Å². The molecule has 1 N–H and O–H groups in total. The first-order valence-electron chi connectivity index (χ1n) is 8.04. The Morgan fingerprint density at radius 2 is 1.92 bits per heavy atom. The van der Waals surface area contributed by atoms with Gasteiger partial charge in [0.05, 0.1) is 6.54 Å². The van der Waals surface area contributed by atoms with Crippen LogP contribution in [0.3, 0.4) is 0 Å². The van der Waals surface area contributed by atoms with Crippen LogP contribution in [0.5, 0.6) is 5.88 Å². The Balaban J connectivity index is 2.16. The van der Waals surface area contributed by atoms with Crippen LogP contribution in [-0.4, -0.2) is 30.9 Å². The molecular formula is C17H18F2N4O3. The lowest BCUT2D eigenvalue weighted by atomic mass is 10.1. The van der Waals surface area contributed by atoms with Crippen molar-refractivity contribution in [2.75, 3.05) is 0 Å². The maximum absolute atomic E-state index is 12.8. The van der Waals surface area contributed by atoms with E-state index >= 15 is 0 Å². The predicted octanol–water partition coefficient (Wildman–Crippen LogP) is 2.23. The third-order valence-corrected chi connectivity index (χ3v) is 3.88. The van der Waals surface area contributed by atoms with Crippen molar-refractivity contribution in [2.24, 2.45) is 5.92 Å². The van der Waals surface area contributed by atoms with Crippen LogP contribution in [0.25, 0.3) is 5.65 Å². The van der Waals surface area contributed by atoms with Gasteiger partial charge < -0.3 is 9.84 Å². The fourth-order valence-electron chi connectivity index (χ4n) is 2.55. The molecule has 3 aromatic rings. The topological polar surface area (TPSA) is 81.7 Å². The normalized spacial score (nSPS) is 12.9. The van der Waals surface area contributed by atoms with Crippen molar-refractivity contribution in [1.29, 1.82) is 0 Å². The summed E-state index contributed by atoms with van der Waals surface area (Å²) < 4.78 is 31.2. The third-order valence-electron chi connectivity index (χ3n) is 3.88. The number of aliphatic hydroxyl groups is 1. The lowest BCUT2D eigenvalue weighted by molar-refractivity contribution is -0.0530. The molecule has 0 amide bonds. The van der Waals surface area contributed by atoms with E-state index in [0.29, 0.717) is 0 Å². The standard InChI is InChI=1S/C17H18F2N4O3/c1-10(2)14(24)15-20-12-8-13(26-16(18)19)21-23(12)17(25)22(15)9-11-6-4-3-5-7-11/h3-8,10,14,16,24H,9H2,1-2H3. The molecule has 0 aliphatic carbocycles. The number of ether oxygens (including phenoxy) is 1. The van der Waals surface area contributed by atoms with E-state index < -0.39 is 24.3 Å². The Kier molecular flexibility index (Phi) is 4.99. The number of hydrogen-bond donors (Lipinski definition) is 1. The minimum absolute atomic E-state index is 0.0321. The van der Waals surface area contributed by atoms with E-state index in [-0.39, 0.29) is 23.9 Å². The monoisotopic (exact) mass is 364 g/mol. The van der Waals surface area contributed by atoms with E-state index in [2.05, 4.69) is 14.8 Å². The molecule has 0 aliphatic heterocycles. The predicted molar refractivity (Wildman–Crippen MR) is 89.2 cm³/mol. The number of aliphatic hydroxyl groups excluding tert-OH is 1. The largest absolute Gasteiger partial charge is 0.415 e. The molecule has 0 bridgehead atoms. The molecule has 3 rings (SSSR count). The molecule has 2 aromatic heterocycles. The summed E-state index contributed by atoms with van der Waals surface area (Å²) in [6.07, 6.45) is -1.01. The van der Waals surface area contributed by atoms with Gasteiger partial charge in [0.25, 0.3) is 0 Å². The number of nitrogens with zero attached hydrogens (tertiary/aromatic N) is 4. The van der Waals surface area contributed by atoms with Crippen LogP contribution in [0.4, 0.5) is 8.78 Å². The van der Waals surface area contributed by atoms with Gasteiger partial charge in [-0.2, -0.15) is 13.3 Å². The maximum atomic E-state index is 12.8. The highest BCUT2D eigenvalue weighted by Gasteiger charge is 2.22. The molecule has 0 fully saturated rings. The number of hydrogen-bond acceptors (Lipinski definition) is 5. The molecule has 0 radical (unpaired) electrons. The fraction of sp³-hybridized carbons (Fsp3) is 0.353. The summed E-state index contributed by atoms with van der Waals surface area (Å²) in [5, 5.41) is 14.2. The van der Waals surface area contributed by atoms with Gasteiger partial charge in [-0.1, -0.05) is 44.2 Å². The summed E-state index contributed by atoms with van der Waals surface area (Å²) in [5.74, 6) is -0.469. The summed E-state index contributed by atoms with van der Waals surface area (Å²) in [6, 6.07) is 10.3. The molecule has 0 aliphatic rings. The zero-order valence-corrected chi connectivity index (χ0v) is 14.2. The zero-order valence-electron chi connectivity index (χ0n) is 14.2. The van der Waals surface area contributed by atoms with Gasteiger partial charge in [-0.3, -0.25) is 4.57 Å². The minimum atomic E-state index is -3.06. The van der Waals surface area contributed by atoms with Gasteiger partial charge >= 0.3 is 12.3 Å². The van der Waals surface area contributed by atoms with Crippen LogP contribution in [0.2, 0.25) is 0 Å². The summed E-state index contributed by atoms with van der Waals surface area (Å²) in [4.78, 5) is 17.1. The van der Waals surface area contributed by atoms with Crippen molar-refractivity contribution in [2.45, 2.75) is 33.1 Å². The van der Waals surface area contributed by atoms with Crippen molar-refractivity contribution in [3.8, 4) is 5.88 Å². The number of halogens is 2. The van der Waals surface area contributed by atoms with Crippen molar-refractivity contribution in [1.82, 2.24) is 19.2 Å². The van der Waals surface area contributed by atoms with Gasteiger partial charge in [0.2, 0.25) is 5.88 Å². The van der Waals surface area contributed by atoms with E-state index in [1.807, 2.05) is 30.3 Å². The number of rotatable bonds is 6. The molecule has 2 heterocycles. The van der Waals surface area contributed by atoms with Crippen molar-refractivity contribution < 1.29 is 18.6 Å². The first kappa shape index (κ1) is 18.0. The number of benzene rings is 1. The smallest absolute Gasteiger partial charge is 0.388 e. The quantitative estimate of drug-likeness (QED) is 0.725. The molecule has 1 unspecified atom stereocenters. The average molecular weight is 364 g/mol. The van der Waals surface area contributed by atoms with E-state index in [0.717, 1.165) is 16.1 Å². The molecule has 1 atom stereocenters. The van der Waals surface area contributed by atoms with Crippen LogP contribution < -0.4 is 10.4 Å². The van der Waals surface area contributed by atoms with E-state index in [4.69, 9.17) is 0 Å². The lowest BCUT2D eigenvalue weighted by Crippen LogP contribution is -2.33. The lowest BCUT2D eigenvalue weighted by Gasteiger charge is -2.19. The Bertz CT molecular complexity index is 954. The second kappa shape index (κ2) is 7.20. The highest BCUT2D eigenvalue weighted by molar-refractivity contribution is 5.41. The summed E-state index contributed by atoms with van der Waals surface area (Å²) in [7, 11) is 0.